The molecule has 0 N–H and O–H groups in total. The van der Waals surface area contributed by atoms with E-state index >= 15 is 0 Å². The molecule has 9 heteroatoms. The summed E-state index contributed by atoms with van der Waals surface area (Å²) in [6.45, 7) is 0.538. The van der Waals surface area contributed by atoms with Crippen LogP contribution in [0.2, 0.25) is 10.0 Å². The number of halogens is 2. The van der Waals surface area contributed by atoms with Gasteiger partial charge in [0.2, 0.25) is 10.0 Å². The third kappa shape index (κ3) is 5.40. The largest absolute Gasteiger partial charge is 0.454 e. The summed E-state index contributed by atoms with van der Waals surface area (Å²) < 4.78 is 32.1. The van der Waals surface area contributed by atoms with Crippen molar-refractivity contribution in [2.24, 2.45) is 0 Å². The minimum atomic E-state index is -3.59. The van der Waals surface area contributed by atoms with Gasteiger partial charge in [-0.3, -0.25) is 4.79 Å². The second kappa shape index (κ2) is 9.92. The van der Waals surface area contributed by atoms with Crippen molar-refractivity contribution in [3.63, 3.8) is 0 Å². The zero-order valence-electron chi connectivity index (χ0n) is 16.1. The summed E-state index contributed by atoms with van der Waals surface area (Å²) in [6, 6.07) is 9.93. The van der Waals surface area contributed by atoms with Gasteiger partial charge in [-0.1, -0.05) is 36.0 Å². The van der Waals surface area contributed by atoms with Crippen LogP contribution in [0.15, 0.2) is 47.4 Å². The number of esters is 1. The zero-order chi connectivity index (χ0) is 21.7. The van der Waals surface area contributed by atoms with Crippen molar-refractivity contribution >= 4 is 45.0 Å². The number of sulfonamides is 1. The van der Waals surface area contributed by atoms with Gasteiger partial charge in [0.1, 0.15) is 0 Å². The summed E-state index contributed by atoms with van der Waals surface area (Å²) >= 11 is 11.7. The Morgan fingerprint density at radius 3 is 2.07 bits per heavy atom. The molecule has 3 rings (SSSR count). The average Bonchev–Trinajstić information content (AvgIpc) is 3.04. The number of carbonyl (C=O) groups is 2. The van der Waals surface area contributed by atoms with Crippen molar-refractivity contribution in [3.05, 3.63) is 63.6 Å². The van der Waals surface area contributed by atoms with Crippen LogP contribution in [0.4, 0.5) is 0 Å². The molecule has 6 nitrogen and oxygen atoms in total. The molecule has 160 valence electrons. The number of Topliss-reactive ketones (excluding diaryl/α,β-unsaturated/α-hetero) is 1. The Morgan fingerprint density at radius 1 is 0.867 bits per heavy atom. The first-order chi connectivity index (χ1) is 14.3. The molecule has 0 atom stereocenters. The summed E-state index contributed by atoms with van der Waals surface area (Å²) in [4.78, 5) is 24.5. The summed E-state index contributed by atoms with van der Waals surface area (Å²) in [5.74, 6) is -1.15. The first kappa shape index (κ1) is 22.7. The van der Waals surface area contributed by atoms with E-state index in [-0.39, 0.29) is 21.0 Å². The highest BCUT2D eigenvalue weighted by molar-refractivity contribution is 7.89. The van der Waals surface area contributed by atoms with Gasteiger partial charge in [0, 0.05) is 18.7 Å². The maximum atomic E-state index is 12.8. The fourth-order valence-corrected chi connectivity index (χ4v) is 4.98. The zero-order valence-corrected chi connectivity index (χ0v) is 18.5. The Bertz CT molecular complexity index is 1030. The predicted molar refractivity (Wildman–Crippen MR) is 115 cm³/mol. The Morgan fingerprint density at radius 2 is 1.47 bits per heavy atom. The normalized spacial score (nSPS) is 15.4. The van der Waals surface area contributed by atoms with Crippen molar-refractivity contribution in [2.45, 2.75) is 30.6 Å². The number of carbonyl (C=O) groups excluding carboxylic acids is 2. The molecule has 1 aliphatic rings. The minimum absolute atomic E-state index is 0.132. The third-order valence-electron chi connectivity index (χ3n) is 4.87. The van der Waals surface area contributed by atoms with Gasteiger partial charge >= 0.3 is 5.97 Å². The summed E-state index contributed by atoms with van der Waals surface area (Å²) in [7, 11) is -3.59. The molecule has 1 heterocycles. The summed E-state index contributed by atoms with van der Waals surface area (Å²) in [6.07, 6.45) is 3.74. The molecule has 2 aromatic carbocycles. The fraction of sp³-hybridized carbons (Fsp3) is 0.333. The van der Waals surface area contributed by atoms with E-state index in [1.807, 2.05) is 0 Å². The molecule has 0 amide bonds. The highest BCUT2D eigenvalue weighted by Gasteiger charge is 2.25. The van der Waals surface area contributed by atoms with Gasteiger partial charge in [-0.05, 0) is 55.3 Å². The molecule has 1 saturated heterocycles. The molecule has 0 bridgehead atoms. The lowest BCUT2D eigenvalue weighted by Gasteiger charge is -2.19. The van der Waals surface area contributed by atoms with E-state index in [0.29, 0.717) is 18.1 Å². The van der Waals surface area contributed by atoms with E-state index in [9.17, 15) is 18.0 Å². The van der Waals surface area contributed by atoms with Gasteiger partial charge < -0.3 is 4.74 Å². The molecule has 0 radical (unpaired) electrons. The number of hydrogen-bond acceptors (Lipinski definition) is 5. The molecule has 1 aliphatic heterocycles. The topological polar surface area (TPSA) is 80.8 Å². The maximum absolute atomic E-state index is 12.8. The Kier molecular flexibility index (Phi) is 7.52. The van der Waals surface area contributed by atoms with Crippen LogP contribution in [0, 0.1) is 0 Å². The number of benzene rings is 2. The predicted octanol–water partition coefficient (Wildman–Crippen LogP) is 4.60. The van der Waals surface area contributed by atoms with Gasteiger partial charge in [-0.15, -0.1) is 0 Å². The third-order valence-corrected chi connectivity index (χ3v) is 7.52. The van der Waals surface area contributed by atoms with Crippen LogP contribution in [-0.2, 0) is 14.8 Å². The van der Waals surface area contributed by atoms with Crippen molar-refractivity contribution < 1.29 is 22.7 Å². The fourth-order valence-electron chi connectivity index (χ4n) is 3.16. The Hall–Kier alpha value is -1.93. The quantitative estimate of drug-likeness (QED) is 0.456. The lowest BCUT2D eigenvalue weighted by atomic mass is 10.1. The van der Waals surface area contributed by atoms with Gasteiger partial charge in [0.25, 0.3) is 0 Å². The maximum Gasteiger partial charge on any atom is 0.338 e. The number of rotatable bonds is 6. The molecular formula is C21H21Cl2NO5S. The molecule has 0 spiro atoms. The van der Waals surface area contributed by atoms with Crippen LogP contribution >= 0.6 is 23.2 Å². The van der Waals surface area contributed by atoms with Crippen LogP contribution in [0.1, 0.15) is 46.4 Å². The number of ether oxygens (including phenoxy) is 1. The monoisotopic (exact) mass is 469 g/mol. The molecule has 0 saturated carbocycles. The summed E-state index contributed by atoms with van der Waals surface area (Å²) in [5.41, 5.74) is 0.433. The van der Waals surface area contributed by atoms with Crippen molar-refractivity contribution in [2.75, 3.05) is 19.7 Å². The van der Waals surface area contributed by atoms with Crippen LogP contribution in [0.5, 0.6) is 0 Å². The van der Waals surface area contributed by atoms with Gasteiger partial charge in [0.15, 0.2) is 12.4 Å². The second-order valence-electron chi connectivity index (χ2n) is 6.97. The van der Waals surface area contributed by atoms with Crippen LogP contribution < -0.4 is 0 Å². The Balaban J connectivity index is 1.63. The highest BCUT2D eigenvalue weighted by Crippen LogP contribution is 2.23. The van der Waals surface area contributed by atoms with Crippen molar-refractivity contribution in [3.8, 4) is 0 Å². The van der Waals surface area contributed by atoms with E-state index in [4.69, 9.17) is 27.9 Å². The van der Waals surface area contributed by atoms with Crippen LogP contribution in [0.3, 0.4) is 0 Å². The highest BCUT2D eigenvalue weighted by atomic mass is 35.5. The number of nitrogens with zero attached hydrogens (tertiary/aromatic N) is 1. The molecule has 2 aromatic rings. The van der Waals surface area contributed by atoms with Crippen molar-refractivity contribution in [1.82, 2.24) is 4.31 Å². The van der Waals surface area contributed by atoms with E-state index in [2.05, 4.69) is 0 Å². The molecule has 1 fully saturated rings. The Labute approximate surface area is 185 Å². The molecule has 0 aromatic heterocycles. The molecule has 0 unspecified atom stereocenters. The van der Waals surface area contributed by atoms with E-state index in [1.165, 1.54) is 46.8 Å². The standard InChI is InChI=1S/C21H21Cl2NO5S/c22-18-10-7-16(13-19(18)23)20(25)14-29-21(26)15-5-8-17(9-6-15)30(27,28)24-11-3-1-2-4-12-24/h5-10,13H,1-4,11-12,14H2. The smallest absolute Gasteiger partial charge is 0.338 e. The molecular weight excluding hydrogens is 449 g/mol. The lowest BCUT2D eigenvalue weighted by molar-refractivity contribution is 0.0474. The van der Waals surface area contributed by atoms with Crippen LogP contribution in [0.25, 0.3) is 0 Å². The number of ketones is 1. The molecule has 0 aliphatic carbocycles. The van der Waals surface area contributed by atoms with Gasteiger partial charge in [-0.2, -0.15) is 4.31 Å². The van der Waals surface area contributed by atoms with E-state index in [0.717, 1.165) is 25.7 Å². The first-order valence-corrected chi connectivity index (χ1v) is 11.7. The van der Waals surface area contributed by atoms with E-state index < -0.39 is 28.4 Å². The van der Waals surface area contributed by atoms with Gasteiger partial charge in [0.05, 0.1) is 20.5 Å². The van der Waals surface area contributed by atoms with E-state index in [1.54, 1.807) is 0 Å². The molecule has 30 heavy (non-hydrogen) atoms. The SMILES string of the molecule is O=C(COC(=O)c1ccc(S(=O)(=O)N2CCCCCC2)cc1)c1ccc(Cl)c(Cl)c1. The number of hydrogen-bond donors (Lipinski definition) is 0. The van der Waals surface area contributed by atoms with Crippen LogP contribution in [-0.4, -0.2) is 44.2 Å². The average molecular weight is 470 g/mol. The second-order valence-corrected chi connectivity index (χ2v) is 9.72. The minimum Gasteiger partial charge on any atom is -0.454 e. The summed E-state index contributed by atoms with van der Waals surface area (Å²) in [5, 5.41) is 0.551. The van der Waals surface area contributed by atoms with Gasteiger partial charge in [-0.25, -0.2) is 13.2 Å². The lowest BCUT2D eigenvalue weighted by Crippen LogP contribution is -2.31. The first-order valence-electron chi connectivity index (χ1n) is 9.54. The van der Waals surface area contributed by atoms with Crippen molar-refractivity contribution in [1.29, 1.82) is 0 Å².